The van der Waals surface area contributed by atoms with Crippen LogP contribution in [0.3, 0.4) is 0 Å². The van der Waals surface area contributed by atoms with Gasteiger partial charge in [-0.05, 0) is 32.9 Å². The molecule has 0 saturated carbocycles. The number of nitrogens with zero attached hydrogens (tertiary/aromatic N) is 1. The molecule has 0 radical (unpaired) electrons. The van der Waals surface area contributed by atoms with Gasteiger partial charge in [0.15, 0.2) is 6.61 Å². The van der Waals surface area contributed by atoms with E-state index >= 15 is 0 Å². The van der Waals surface area contributed by atoms with Gasteiger partial charge in [-0.25, -0.2) is 0 Å². The first-order valence-electron chi connectivity index (χ1n) is 7.04. The van der Waals surface area contributed by atoms with Crippen LogP contribution in [-0.4, -0.2) is 42.5 Å². The minimum absolute atomic E-state index is 0.0997. The lowest BCUT2D eigenvalue weighted by molar-refractivity contribution is -0.136. The quantitative estimate of drug-likeness (QED) is 0.735. The van der Waals surface area contributed by atoms with Crippen molar-refractivity contribution in [2.75, 3.05) is 25.4 Å². The number of nitrogens with one attached hydrogen (secondary N) is 1. The summed E-state index contributed by atoms with van der Waals surface area (Å²) >= 11 is 0. The first-order chi connectivity index (χ1) is 9.97. The SMILES string of the molecule is CCN(CC)C(=O)C(C)NC(=O)COc1cccc(N)c1. The highest BCUT2D eigenvalue weighted by atomic mass is 16.5. The van der Waals surface area contributed by atoms with Crippen molar-refractivity contribution in [1.82, 2.24) is 10.2 Å². The second kappa shape index (κ2) is 8.14. The van der Waals surface area contributed by atoms with Gasteiger partial charge in [-0.3, -0.25) is 9.59 Å². The molecule has 116 valence electrons. The third-order valence-corrected chi connectivity index (χ3v) is 3.05. The molecule has 6 nitrogen and oxygen atoms in total. The van der Waals surface area contributed by atoms with Crippen LogP contribution in [0.1, 0.15) is 20.8 Å². The molecule has 0 aliphatic heterocycles. The molecule has 2 amide bonds. The molecule has 21 heavy (non-hydrogen) atoms. The molecular formula is C15H23N3O3. The molecule has 0 fully saturated rings. The van der Waals surface area contributed by atoms with Crippen LogP contribution >= 0.6 is 0 Å². The van der Waals surface area contributed by atoms with Gasteiger partial charge in [0.1, 0.15) is 11.8 Å². The van der Waals surface area contributed by atoms with Gasteiger partial charge in [0.25, 0.3) is 5.91 Å². The number of amides is 2. The smallest absolute Gasteiger partial charge is 0.258 e. The molecule has 0 aromatic heterocycles. The predicted molar refractivity (Wildman–Crippen MR) is 81.9 cm³/mol. The summed E-state index contributed by atoms with van der Waals surface area (Å²) < 4.78 is 5.33. The van der Waals surface area contributed by atoms with Gasteiger partial charge in [-0.2, -0.15) is 0 Å². The molecule has 0 heterocycles. The lowest BCUT2D eigenvalue weighted by Crippen LogP contribution is -2.48. The Morgan fingerprint density at radius 2 is 2.00 bits per heavy atom. The van der Waals surface area contributed by atoms with Crippen LogP contribution < -0.4 is 15.8 Å². The number of anilines is 1. The van der Waals surface area contributed by atoms with Crippen molar-refractivity contribution in [2.24, 2.45) is 0 Å². The van der Waals surface area contributed by atoms with Crippen molar-refractivity contribution in [2.45, 2.75) is 26.8 Å². The number of hydrogen-bond donors (Lipinski definition) is 2. The Hall–Kier alpha value is -2.24. The number of rotatable bonds is 7. The van der Waals surface area contributed by atoms with Crippen molar-refractivity contribution in [3.05, 3.63) is 24.3 Å². The summed E-state index contributed by atoms with van der Waals surface area (Å²) in [5, 5.41) is 2.63. The summed E-state index contributed by atoms with van der Waals surface area (Å²) in [7, 11) is 0. The maximum Gasteiger partial charge on any atom is 0.258 e. The average molecular weight is 293 g/mol. The van der Waals surface area contributed by atoms with Crippen LogP contribution in [0.4, 0.5) is 5.69 Å². The minimum Gasteiger partial charge on any atom is -0.484 e. The number of ether oxygens (including phenoxy) is 1. The first-order valence-corrected chi connectivity index (χ1v) is 7.04. The Morgan fingerprint density at radius 1 is 1.33 bits per heavy atom. The van der Waals surface area contributed by atoms with Crippen LogP contribution in [0.5, 0.6) is 5.75 Å². The van der Waals surface area contributed by atoms with Crippen molar-refractivity contribution in [3.8, 4) is 5.75 Å². The fourth-order valence-electron chi connectivity index (χ4n) is 1.91. The number of carbonyl (C=O) groups is 2. The number of nitrogen functional groups attached to an aromatic ring is 1. The maximum atomic E-state index is 12.0. The van der Waals surface area contributed by atoms with Crippen LogP contribution in [0.25, 0.3) is 0 Å². The van der Waals surface area contributed by atoms with Gasteiger partial charge in [0, 0.05) is 24.8 Å². The Morgan fingerprint density at radius 3 is 2.57 bits per heavy atom. The summed E-state index contributed by atoms with van der Waals surface area (Å²) in [6.45, 7) is 6.56. The van der Waals surface area contributed by atoms with Crippen molar-refractivity contribution < 1.29 is 14.3 Å². The first kappa shape index (κ1) is 16.8. The molecule has 0 bridgehead atoms. The zero-order valence-corrected chi connectivity index (χ0v) is 12.8. The number of nitrogens with two attached hydrogens (primary N) is 1. The summed E-state index contributed by atoms with van der Waals surface area (Å²) in [5.74, 6) is 0.0793. The lowest BCUT2D eigenvalue weighted by atomic mass is 10.2. The Bertz CT molecular complexity index is 487. The van der Waals surface area contributed by atoms with Crippen LogP contribution in [0.2, 0.25) is 0 Å². The second-order valence-electron chi connectivity index (χ2n) is 4.66. The van der Waals surface area contributed by atoms with Gasteiger partial charge in [-0.1, -0.05) is 6.07 Å². The fraction of sp³-hybridized carbons (Fsp3) is 0.467. The standard InChI is InChI=1S/C15H23N3O3/c1-4-18(5-2)15(20)11(3)17-14(19)10-21-13-8-6-7-12(16)9-13/h6-9,11H,4-5,10,16H2,1-3H3,(H,17,19). The topological polar surface area (TPSA) is 84.7 Å². The number of hydrogen-bond acceptors (Lipinski definition) is 4. The normalized spacial score (nSPS) is 11.6. The number of likely N-dealkylation sites (N-methyl/N-ethyl adjacent to an activating group) is 1. The molecule has 1 aromatic carbocycles. The zero-order chi connectivity index (χ0) is 15.8. The third-order valence-electron chi connectivity index (χ3n) is 3.05. The largest absolute Gasteiger partial charge is 0.484 e. The van der Waals surface area contributed by atoms with E-state index < -0.39 is 6.04 Å². The Kier molecular flexibility index (Phi) is 6.52. The summed E-state index contributed by atoms with van der Waals surface area (Å²) in [5.41, 5.74) is 6.19. The lowest BCUT2D eigenvalue weighted by Gasteiger charge is -2.23. The molecule has 0 spiro atoms. The summed E-state index contributed by atoms with van der Waals surface area (Å²) in [6.07, 6.45) is 0. The Balaban J connectivity index is 2.44. The van der Waals surface area contributed by atoms with E-state index in [0.717, 1.165) is 0 Å². The van der Waals surface area contributed by atoms with Crippen molar-refractivity contribution in [3.63, 3.8) is 0 Å². The molecule has 1 rings (SSSR count). The van der Waals surface area contributed by atoms with Crippen molar-refractivity contribution >= 4 is 17.5 Å². The average Bonchev–Trinajstić information content (AvgIpc) is 2.46. The van der Waals surface area contributed by atoms with Crippen LogP contribution in [-0.2, 0) is 9.59 Å². The fourth-order valence-corrected chi connectivity index (χ4v) is 1.91. The number of carbonyl (C=O) groups excluding carboxylic acids is 2. The van der Waals surface area contributed by atoms with E-state index in [9.17, 15) is 9.59 Å². The maximum absolute atomic E-state index is 12.0. The third kappa shape index (κ3) is 5.33. The van der Waals surface area contributed by atoms with E-state index in [4.69, 9.17) is 10.5 Å². The monoisotopic (exact) mass is 293 g/mol. The molecule has 1 atom stereocenters. The molecule has 0 aliphatic carbocycles. The highest BCUT2D eigenvalue weighted by molar-refractivity contribution is 5.87. The molecular weight excluding hydrogens is 270 g/mol. The van der Waals surface area contributed by atoms with Gasteiger partial charge in [0.05, 0.1) is 0 Å². The highest BCUT2D eigenvalue weighted by Gasteiger charge is 2.19. The number of benzene rings is 1. The molecule has 1 aromatic rings. The van der Waals surface area contributed by atoms with Gasteiger partial charge in [-0.15, -0.1) is 0 Å². The van der Waals surface area contributed by atoms with Crippen molar-refractivity contribution in [1.29, 1.82) is 0 Å². The molecule has 1 unspecified atom stereocenters. The summed E-state index contributed by atoms with van der Waals surface area (Å²) in [4.78, 5) is 25.5. The van der Waals surface area contributed by atoms with E-state index in [0.29, 0.717) is 24.5 Å². The van der Waals surface area contributed by atoms with E-state index in [1.807, 2.05) is 13.8 Å². The van der Waals surface area contributed by atoms with E-state index in [2.05, 4.69) is 5.32 Å². The van der Waals surface area contributed by atoms with Crippen LogP contribution in [0, 0.1) is 0 Å². The van der Waals surface area contributed by atoms with E-state index in [-0.39, 0.29) is 18.4 Å². The zero-order valence-electron chi connectivity index (χ0n) is 12.8. The summed E-state index contributed by atoms with van der Waals surface area (Å²) in [6, 6.07) is 6.26. The molecule has 3 N–H and O–H groups in total. The van der Waals surface area contributed by atoms with Gasteiger partial charge >= 0.3 is 0 Å². The Labute approximate surface area is 125 Å². The highest BCUT2D eigenvalue weighted by Crippen LogP contribution is 2.14. The van der Waals surface area contributed by atoms with E-state index in [1.165, 1.54) is 0 Å². The predicted octanol–water partition coefficient (Wildman–Crippen LogP) is 1.02. The second-order valence-corrected chi connectivity index (χ2v) is 4.66. The van der Waals surface area contributed by atoms with Gasteiger partial charge < -0.3 is 20.7 Å². The molecule has 0 aliphatic rings. The van der Waals surface area contributed by atoms with Crippen LogP contribution in [0.15, 0.2) is 24.3 Å². The molecule has 6 heteroatoms. The van der Waals surface area contributed by atoms with E-state index in [1.54, 1.807) is 36.1 Å². The molecule has 0 saturated heterocycles. The van der Waals surface area contributed by atoms with Gasteiger partial charge in [0.2, 0.25) is 5.91 Å². The minimum atomic E-state index is -0.568.